The van der Waals surface area contributed by atoms with Gasteiger partial charge in [0, 0.05) is 26.2 Å². The topological polar surface area (TPSA) is 18.5 Å². The van der Waals surface area contributed by atoms with E-state index in [1.54, 1.807) is 0 Å². The van der Waals surface area contributed by atoms with E-state index in [0.717, 1.165) is 0 Å². The van der Waals surface area contributed by atoms with Gasteiger partial charge in [0.05, 0.1) is 0 Å². The molecule has 17 heavy (non-hydrogen) atoms. The summed E-state index contributed by atoms with van der Waals surface area (Å²) in [5.74, 6) is 0. The summed E-state index contributed by atoms with van der Waals surface area (Å²) in [4.78, 5) is 5.19. The number of nitrogens with one attached hydrogen (secondary N) is 1. The van der Waals surface area contributed by atoms with Crippen LogP contribution in [0.1, 0.15) is 32.6 Å². The molecule has 2 aliphatic heterocycles. The lowest BCUT2D eigenvalue weighted by Crippen LogP contribution is -2.41. The molecule has 2 heterocycles. The summed E-state index contributed by atoms with van der Waals surface area (Å²) in [7, 11) is 2.25. The molecule has 0 aromatic carbocycles. The smallest absolute Gasteiger partial charge is 0.0109 e. The average Bonchev–Trinajstić information content (AvgIpc) is 2.65. The van der Waals surface area contributed by atoms with Crippen LogP contribution in [0.25, 0.3) is 0 Å². The van der Waals surface area contributed by atoms with Crippen LogP contribution in [0.2, 0.25) is 0 Å². The normalized spacial score (nSPS) is 32.8. The van der Waals surface area contributed by atoms with E-state index in [-0.39, 0.29) is 0 Å². The molecular weight excluding hydrogens is 210 g/mol. The third-order valence-corrected chi connectivity index (χ3v) is 4.48. The van der Waals surface area contributed by atoms with Gasteiger partial charge in [0.15, 0.2) is 0 Å². The van der Waals surface area contributed by atoms with Gasteiger partial charge in [-0.05, 0) is 51.4 Å². The van der Waals surface area contributed by atoms with Crippen molar-refractivity contribution in [3.63, 3.8) is 0 Å². The molecule has 2 saturated heterocycles. The van der Waals surface area contributed by atoms with Crippen LogP contribution in [-0.2, 0) is 0 Å². The summed E-state index contributed by atoms with van der Waals surface area (Å²) in [6.07, 6.45) is 5.45. The van der Waals surface area contributed by atoms with E-state index in [4.69, 9.17) is 0 Å². The quantitative estimate of drug-likeness (QED) is 0.800. The number of hydrogen-bond donors (Lipinski definition) is 1. The van der Waals surface area contributed by atoms with Gasteiger partial charge in [0.25, 0.3) is 0 Å². The van der Waals surface area contributed by atoms with Gasteiger partial charge in [0.1, 0.15) is 0 Å². The molecule has 100 valence electrons. The predicted octanol–water partition coefficient (Wildman–Crippen LogP) is 1.40. The van der Waals surface area contributed by atoms with Crippen LogP contribution in [0.5, 0.6) is 0 Å². The minimum Gasteiger partial charge on any atom is -0.316 e. The summed E-state index contributed by atoms with van der Waals surface area (Å²) >= 11 is 0. The van der Waals surface area contributed by atoms with Gasteiger partial charge in [-0.25, -0.2) is 0 Å². The Morgan fingerprint density at radius 1 is 1.18 bits per heavy atom. The van der Waals surface area contributed by atoms with Crippen molar-refractivity contribution in [1.29, 1.82) is 0 Å². The fourth-order valence-electron chi connectivity index (χ4n) is 3.49. The summed E-state index contributed by atoms with van der Waals surface area (Å²) in [5, 5.41) is 3.57. The largest absolute Gasteiger partial charge is 0.316 e. The first kappa shape index (κ1) is 13.3. The maximum Gasteiger partial charge on any atom is 0.0109 e. The number of rotatable bonds is 4. The van der Waals surface area contributed by atoms with E-state index in [0.29, 0.717) is 5.41 Å². The van der Waals surface area contributed by atoms with E-state index in [2.05, 4.69) is 29.1 Å². The average molecular weight is 239 g/mol. The van der Waals surface area contributed by atoms with Gasteiger partial charge in [-0.1, -0.05) is 13.3 Å². The lowest BCUT2D eigenvalue weighted by Gasteiger charge is -2.34. The molecule has 3 heteroatoms. The highest BCUT2D eigenvalue weighted by Gasteiger charge is 2.34. The monoisotopic (exact) mass is 239 g/mol. The fraction of sp³-hybridized carbons (Fsp3) is 1.00. The fourth-order valence-corrected chi connectivity index (χ4v) is 3.49. The third kappa shape index (κ3) is 3.67. The molecule has 0 aromatic heterocycles. The molecule has 0 aliphatic carbocycles. The van der Waals surface area contributed by atoms with Gasteiger partial charge in [0.2, 0.25) is 0 Å². The minimum absolute atomic E-state index is 0.581. The highest BCUT2D eigenvalue weighted by molar-refractivity contribution is 4.90. The van der Waals surface area contributed by atoms with Crippen molar-refractivity contribution in [2.75, 3.05) is 52.9 Å². The summed E-state index contributed by atoms with van der Waals surface area (Å²) < 4.78 is 0. The van der Waals surface area contributed by atoms with Crippen molar-refractivity contribution < 1.29 is 0 Å². The number of nitrogens with zero attached hydrogens (tertiary/aromatic N) is 2. The first-order valence-corrected chi connectivity index (χ1v) is 7.36. The van der Waals surface area contributed by atoms with Crippen molar-refractivity contribution in [3.8, 4) is 0 Å². The second kappa shape index (κ2) is 6.17. The van der Waals surface area contributed by atoms with Crippen LogP contribution >= 0.6 is 0 Å². The summed E-state index contributed by atoms with van der Waals surface area (Å²) in [5.41, 5.74) is 0.581. The van der Waals surface area contributed by atoms with Crippen LogP contribution in [0.15, 0.2) is 0 Å². The minimum atomic E-state index is 0.581. The zero-order valence-corrected chi connectivity index (χ0v) is 11.7. The lowest BCUT2D eigenvalue weighted by molar-refractivity contribution is 0.156. The Kier molecular flexibility index (Phi) is 4.83. The molecule has 1 N–H and O–H groups in total. The van der Waals surface area contributed by atoms with Crippen LogP contribution < -0.4 is 5.32 Å². The molecule has 2 fully saturated rings. The van der Waals surface area contributed by atoms with E-state index in [1.807, 2.05) is 0 Å². The molecular formula is C14H29N3. The van der Waals surface area contributed by atoms with E-state index < -0.39 is 0 Å². The Labute approximate surface area is 107 Å². The Bertz CT molecular complexity index is 224. The molecule has 0 bridgehead atoms. The zero-order valence-electron chi connectivity index (χ0n) is 11.7. The van der Waals surface area contributed by atoms with Gasteiger partial charge in [-0.15, -0.1) is 0 Å². The Balaban J connectivity index is 1.88. The first-order chi connectivity index (χ1) is 8.24. The van der Waals surface area contributed by atoms with Crippen molar-refractivity contribution in [1.82, 2.24) is 15.1 Å². The van der Waals surface area contributed by atoms with Crippen molar-refractivity contribution in [2.24, 2.45) is 5.41 Å². The Hall–Kier alpha value is -0.120. The lowest BCUT2D eigenvalue weighted by atomic mass is 9.82. The zero-order chi connectivity index (χ0) is 12.1. The van der Waals surface area contributed by atoms with Gasteiger partial charge in [-0.2, -0.15) is 0 Å². The highest BCUT2D eigenvalue weighted by atomic mass is 15.2. The predicted molar refractivity (Wildman–Crippen MR) is 73.4 cm³/mol. The second-order valence-corrected chi connectivity index (χ2v) is 6.11. The van der Waals surface area contributed by atoms with E-state index in [1.165, 1.54) is 71.5 Å². The van der Waals surface area contributed by atoms with Crippen LogP contribution in [-0.4, -0.2) is 62.7 Å². The molecule has 2 rings (SSSR count). The van der Waals surface area contributed by atoms with Gasteiger partial charge >= 0.3 is 0 Å². The van der Waals surface area contributed by atoms with Gasteiger partial charge < -0.3 is 15.1 Å². The summed E-state index contributed by atoms with van der Waals surface area (Å²) in [6.45, 7) is 11.2. The van der Waals surface area contributed by atoms with Crippen LogP contribution in [0, 0.1) is 5.41 Å². The first-order valence-electron chi connectivity index (χ1n) is 7.36. The molecule has 0 saturated carbocycles. The maximum atomic E-state index is 3.57. The Morgan fingerprint density at radius 2 is 2.06 bits per heavy atom. The Morgan fingerprint density at radius 3 is 2.76 bits per heavy atom. The van der Waals surface area contributed by atoms with E-state index in [9.17, 15) is 0 Å². The SMILES string of the molecule is CCCC1(CN2CCCN(C)CC2)CCNC1. The number of hydrogen-bond acceptors (Lipinski definition) is 3. The molecule has 3 nitrogen and oxygen atoms in total. The molecule has 0 radical (unpaired) electrons. The van der Waals surface area contributed by atoms with Crippen molar-refractivity contribution in [2.45, 2.75) is 32.6 Å². The molecule has 0 amide bonds. The third-order valence-electron chi connectivity index (χ3n) is 4.48. The van der Waals surface area contributed by atoms with Gasteiger partial charge in [-0.3, -0.25) is 0 Å². The van der Waals surface area contributed by atoms with Crippen molar-refractivity contribution >= 4 is 0 Å². The van der Waals surface area contributed by atoms with Crippen LogP contribution in [0.4, 0.5) is 0 Å². The standard InChI is InChI=1S/C14H29N3/c1-3-5-14(6-7-15-12-14)13-17-9-4-8-16(2)10-11-17/h15H,3-13H2,1-2H3. The summed E-state index contributed by atoms with van der Waals surface area (Å²) in [6, 6.07) is 0. The second-order valence-electron chi connectivity index (χ2n) is 6.11. The molecule has 2 aliphatic rings. The molecule has 1 unspecified atom stereocenters. The maximum absolute atomic E-state index is 3.57. The van der Waals surface area contributed by atoms with Crippen molar-refractivity contribution in [3.05, 3.63) is 0 Å². The van der Waals surface area contributed by atoms with Crippen LogP contribution in [0.3, 0.4) is 0 Å². The van der Waals surface area contributed by atoms with E-state index >= 15 is 0 Å². The molecule has 0 aromatic rings. The number of likely N-dealkylation sites (N-methyl/N-ethyl adjacent to an activating group) is 1. The highest BCUT2D eigenvalue weighted by Crippen LogP contribution is 2.32. The molecule has 1 atom stereocenters. The molecule has 0 spiro atoms.